The molecule has 1 heteroatoms. The zero-order valence-corrected chi connectivity index (χ0v) is 7.07. The molecule has 13 heavy (non-hydrogen) atoms. The third kappa shape index (κ3) is 1.75. The van der Waals surface area contributed by atoms with Crippen LogP contribution < -0.4 is 0 Å². The molecule has 0 fully saturated rings. The van der Waals surface area contributed by atoms with Crippen LogP contribution in [0, 0.1) is 5.82 Å². The normalized spacial score (nSPS) is 9.92. The highest BCUT2D eigenvalue weighted by Gasteiger charge is 1.95. The second kappa shape index (κ2) is 3.40. The number of hydrogen-bond acceptors (Lipinski definition) is 0. The van der Waals surface area contributed by atoms with Crippen LogP contribution in [0.25, 0.3) is 11.1 Å². The first kappa shape index (κ1) is 7.99. The van der Waals surface area contributed by atoms with Gasteiger partial charge in [0.15, 0.2) is 0 Å². The number of rotatable bonds is 1. The van der Waals surface area contributed by atoms with Crippen molar-refractivity contribution in [2.45, 2.75) is 0 Å². The molecule has 64 valence electrons. The SMILES string of the molecule is Fc1ccc(-c2ccccc2)cc1.[H+]. The third-order valence-electron chi connectivity index (χ3n) is 1.95. The highest BCUT2D eigenvalue weighted by molar-refractivity contribution is 5.62. The van der Waals surface area contributed by atoms with Crippen LogP contribution in [0.5, 0.6) is 0 Å². The first-order valence-electron chi connectivity index (χ1n) is 4.17. The molecule has 0 bridgehead atoms. The molecule has 2 rings (SSSR count). The van der Waals surface area contributed by atoms with Crippen molar-refractivity contribution in [2.75, 3.05) is 0 Å². The minimum Gasteiger partial charge on any atom is -0.207 e. The quantitative estimate of drug-likeness (QED) is 0.618. The van der Waals surface area contributed by atoms with Crippen molar-refractivity contribution in [3.05, 3.63) is 60.4 Å². The molecule has 0 saturated heterocycles. The van der Waals surface area contributed by atoms with E-state index in [1.807, 2.05) is 30.3 Å². The smallest absolute Gasteiger partial charge is 0.207 e. The Kier molecular flexibility index (Phi) is 2.09. The van der Waals surface area contributed by atoms with Crippen molar-refractivity contribution in [1.29, 1.82) is 0 Å². The summed E-state index contributed by atoms with van der Waals surface area (Å²) in [4.78, 5) is 0. The van der Waals surface area contributed by atoms with Gasteiger partial charge in [0.25, 0.3) is 0 Å². The zero-order chi connectivity index (χ0) is 9.10. The highest BCUT2D eigenvalue weighted by Crippen LogP contribution is 2.18. The molecule has 0 spiro atoms. The third-order valence-corrected chi connectivity index (χ3v) is 1.95. The standard InChI is InChI=1S/C12H9F/c13-12-8-6-11(7-9-12)10-4-2-1-3-5-10/h1-9H/p+1. The van der Waals surface area contributed by atoms with E-state index in [2.05, 4.69) is 0 Å². The van der Waals surface area contributed by atoms with Crippen LogP contribution in [0.15, 0.2) is 54.6 Å². The molecule has 2 aromatic carbocycles. The van der Waals surface area contributed by atoms with E-state index in [1.165, 1.54) is 12.1 Å². The second-order valence-corrected chi connectivity index (χ2v) is 2.87. The van der Waals surface area contributed by atoms with E-state index in [0.29, 0.717) is 0 Å². The van der Waals surface area contributed by atoms with Crippen molar-refractivity contribution >= 4 is 0 Å². The van der Waals surface area contributed by atoms with Crippen LogP contribution in [-0.2, 0) is 0 Å². The van der Waals surface area contributed by atoms with E-state index in [0.717, 1.165) is 11.1 Å². The van der Waals surface area contributed by atoms with Crippen molar-refractivity contribution < 1.29 is 5.82 Å². The monoisotopic (exact) mass is 173 g/mol. The first-order valence-corrected chi connectivity index (χ1v) is 4.17. The fourth-order valence-corrected chi connectivity index (χ4v) is 1.27. The lowest BCUT2D eigenvalue weighted by Crippen LogP contribution is -1.77. The molecule has 0 N–H and O–H groups in total. The van der Waals surface area contributed by atoms with Gasteiger partial charge in [-0.2, -0.15) is 0 Å². The zero-order valence-electron chi connectivity index (χ0n) is 8.07. The molecule has 0 radical (unpaired) electrons. The van der Waals surface area contributed by atoms with Gasteiger partial charge in [0.05, 0.1) is 0 Å². The Hall–Kier alpha value is -1.63. The molecule has 2 aromatic rings. The molecule has 0 unspecified atom stereocenters. The molecule has 0 aromatic heterocycles. The second-order valence-electron chi connectivity index (χ2n) is 2.87. The molecule has 0 atom stereocenters. The largest absolute Gasteiger partial charge is 1.00 e. The Morgan fingerprint density at radius 1 is 0.692 bits per heavy atom. The molecule has 0 aliphatic rings. The summed E-state index contributed by atoms with van der Waals surface area (Å²) in [5.41, 5.74) is 2.16. The van der Waals surface area contributed by atoms with E-state index in [-0.39, 0.29) is 7.24 Å². The van der Waals surface area contributed by atoms with Crippen molar-refractivity contribution in [3.63, 3.8) is 0 Å². The topological polar surface area (TPSA) is 0 Å². The molecular formula is C12H10F+. The van der Waals surface area contributed by atoms with Crippen LogP contribution in [0.3, 0.4) is 0 Å². The van der Waals surface area contributed by atoms with Gasteiger partial charge in [-0.3, -0.25) is 0 Å². The lowest BCUT2D eigenvalue weighted by atomic mass is 10.1. The predicted molar refractivity (Wildman–Crippen MR) is 52.9 cm³/mol. The Morgan fingerprint density at radius 2 is 1.23 bits per heavy atom. The summed E-state index contributed by atoms with van der Waals surface area (Å²) in [7, 11) is 0. The summed E-state index contributed by atoms with van der Waals surface area (Å²) >= 11 is 0. The van der Waals surface area contributed by atoms with Crippen molar-refractivity contribution in [1.82, 2.24) is 0 Å². The van der Waals surface area contributed by atoms with Crippen molar-refractivity contribution in [2.24, 2.45) is 0 Å². The summed E-state index contributed by atoms with van der Waals surface area (Å²) in [6, 6.07) is 16.4. The summed E-state index contributed by atoms with van der Waals surface area (Å²) in [6.07, 6.45) is 0. The fourth-order valence-electron chi connectivity index (χ4n) is 1.27. The lowest BCUT2D eigenvalue weighted by molar-refractivity contribution is 0.628. The van der Waals surface area contributed by atoms with Gasteiger partial charge in [-0.25, -0.2) is 4.39 Å². The molecule has 0 nitrogen and oxygen atoms in total. The average Bonchev–Trinajstić information content (AvgIpc) is 2.20. The maximum atomic E-state index is 12.6. The first-order chi connectivity index (χ1) is 6.36. The van der Waals surface area contributed by atoms with Crippen LogP contribution in [0.1, 0.15) is 1.43 Å². The predicted octanol–water partition coefficient (Wildman–Crippen LogP) is 3.61. The number of benzene rings is 2. The Bertz CT molecular complexity index is 381. The minimum atomic E-state index is -0.195. The molecule has 0 heterocycles. The minimum absolute atomic E-state index is 0. The highest BCUT2D eigenvalue weighted by atomic mass is 19.1. The van der Waals surface area contributed by atoms with Crippen molar-refractivity contribution in [3.8, 4) is 11.1 Å². The van der Waals surface area contributed by atoms with E-state index in [4.69, 9.17) is 0 Å². The maximum absolute atomic E-state index is 12.6. The van der Waals surface area contributed by atoms with Crippen LogP contribution in [-0.4, -0.2) is 0 Å². The number of halogens is 1. The van der Waals surface area contributed by atoms with Gasteiger partial charge >= 0.3 is 1.43 Å². The van der Waals surface area contributed by atoms with E-state index in [1.54, 1.807) is 12.1 Å². The Labute approximate surface area is 78.1 Å². The fraction of sp³-hybridized carbons (Fsp3) is 0. The lowest BCUT2D eigenvalue weighted by Gasteiger charge is -1.99. The van der Waals surface area contributed by atoms with Crippen LogP contribution in [0.2, 0.25) is 0 Å². The Balaban J connectivity index is 0.000000980. The molecular weight excluding hydrogens is 163 g/mol. The Morgan fingerprint density at radius 3 is 1.85 bits per heavy atom. The van der Waals surface area contributed by atoms with Gasteiger partial charge in [0.2, 0.25) is 0 Å². The number of hydrogen-bond donors (Lipinski definition) is 0. The summed E-state index contributed by atoms with van der Waals surface area (Å²) in [5.74, 6) is -0.195. The van der Waals surface area contributed by atoms with Gasteiger partial charge in [0, 0.05) is 0 Å². The van der Waals surface area contributed by atoms with E-state index >= 15 is 0 Å². The molecule has 0 saturated carbocycles. The van der Waals surface area contributed by atoms with Gasteiger partial charge in [-0.15, -0.1) is 0 Å². The summed E-state index contributed by atoms with van der Waals surface area (Å²) in [6.45, 7) is 0. The average molecular weight is 173 g/mol. The summed E-state index contributed by atoms with van der Waals surface area (Å²) in [5, 5.41) is 0. The van der Waals surface area contributed by atoms with Gasteiger partial charge < -0.3 is 0 Å². The van der Waals surface area contributed by atoms with Gasteiger partial charge in [-0.05, 0) is 23.3 Å². The maximum Gasteiger partial charge on any atom is 1.00 e. The summed E-state index contributed by atoms with van der Waals surface area (Å²) < 4.78 is 12.6. The van der Waals surface area contributed by atoms with Gasteiger partial charge in [0.1, 0.15) is 5.82 Å². The molecule has 0 aliphatic carbocycles. The van der Waals surface area contributed by atoms with Gasteiger partial charge in [-0.1, -0.05) is 42.5 Å². The van der Waals surface area contributed by atoms with E-state index < -0.39 is 0 Å². The van der Waals surface area contributed by atoms with E-state index in [9.17, 15) is 4.39 Å². The van der Waals surface area contributed by atoms with Crippen LogP contribution >= 0.6 is 0 Å². The molecule has 0 amide bonds. The molecule has 0 aliphatic heterocycles. The van der Waals surface area contributed by atoms with Crippen LogP contribution in [0.4, 0.5) is 4.39 Å².